The number of aromatic nitrogens is 4. The lowest BCUT2D eigenvalue weighted by atomic mass is 9.80. The zero-order valence-corrected chi connectivity index (χ0v) is 22.9. The molecule has 0 amide bonds. The summed E-state index contributed by atoms with van der Waals surface area (Å²) < 4.78 is 41.5. The second-order valence-corrected chi connectivity index (χ2v) is 11.5. The predicted octanol–water partition coefficient (Wildman–Crippen LogP) is 7.16. The van der Waals surface area contributed by atoms with Crippen LogP contribution in [0.3, 0.4) is 0 Å². The standard InChI is InChI=1S/C30H32F3N5O2/c1-17(19-7-5-8-19)34-24-23-25(36-26(35-24)28(39)40)37-27(20-9-6-10-22(15-20)29(2,3)4)38(23)16-18-11-13-21(14-12-18)30(31,32)33/h6,9-15,17,19H,5,7-8,16H2,1-4H3,(H,39,40)(H,34,35,36)/t17-/m1/s1. The molecular weight excluding hydrogens is 519 g/mol. The van der Waals surface area contributed by atoms with Crippen LogP contribution in [0, 0.1) is 5.92 Å². The lowest BCUT2D eigenvalue weighted by molar-refractivity contribution is -0.137. The van der Waals surface area contributed by atoms with E-state index in [-0.39, 0.29) is 29.5 Å². The number of nitrogens with one attached hydrogen (secondary N) is 1. The summed E-state index contributed by atoms with van der Waals surface area (Å²) in [5, 5.41) is 13.1. The number of carboxylic acids is 1. The number of hydrogen-bond donors (Lipinski definition) is 2. The minimum atomic E-state index is -4.44. The molecule has 2 N–H and O–H groups in total. The second-order valence-electron chi connectivity index (χ2n) is 11.5. The molecule has 0 aliphatic heterocycles. The summed E-state index contributed by atoms with van der Waals surface area (Å²) >= 11 is 0. The van der Waals surface area contributed by atoms with Crippen LogP contribution in [0.1, 0.15) is 74.3 Å². The van der Waals surface area contributed by atoms with Crippen molar-refractivity contribution in [2.75, 3.05) is 5.32 Å². The molecule has 7 nitrogen and oxygen atoms in total. The number of alkyl halides is 3. The average molecular weight is 552 g/mol. The van der Waals surface area contributed by atoms with Gasteiger partial charge in [-0.15, -0.1) is 0 Å². The van der Waals surface area contributed by atoms with Crippen molar-refractivity contribution in [2.45, 2.75) is 71.1 Å². The van der Waals surface area contributed by atoms with E-state index in [0.717, 1.165) is 42.5 Å². The highest BCUT2D eigenvalue weighted by Gasteiger charge is 2.31. The Morgan fingerprint density at radius 3 is 2.33 bits per heavy atom. The first-order valence-electron chi connectivity index (χ1n) is 13.4. The summed E-state index contributed by atoms with van der Waals surface area (Å²) in [6.45, 7) is 8.54. The van der Waals surface area contributed by atoms with Crippen LogP contribution in [0.15, 0.2) is 48.5 Å². The van der Waals surface area contributed by atoms with Crippen LogP contribution in [0.2, 0.25) is 0 Å². The third kappa shape index (κ3) is 5.52. The number of carboxylic acid groups (broad SMARTS) is 1. The highest BCUT2D eigenvalue weighted by molar-refractivity contribution is 5.92. The molecule has 0 spiro atoms. The van der Waals surface area contributed by atoms with Crippen molar-refractivity contribution in [1.29, 1.82) is 0 Å². The van der Waals surface area contributed by atoms with E-state index in [1.54, 1.807) is 0 Å². The molecule has 210 valence electrons. The molecule has 0 bridgehead atoms. The van der Waals surface area contributed by atoms with Crippen LogP contribution in [-0.2, 0) is 18.1 Å². The van der Waals surface area contributed by atoms with E-state index >= 15 is 0 Å². The van der Waals surface area contributed by atoms with Gasteiger partial charge in [-0.2, -0.15) is 13.2 Å². The van der Waals surface area contributed by atoms with E-state index in [2.05, 4.69) is 36.1 Å². The van der Waals surface area contributed by atoms with Crippen LogP contribution in [-0.4, -0.2) is 36.6 Å². The van der Waals surface area contributed by atoms with Crippen LogP contribution in [0.4, 0.5) is 19.0 Å². The quantitative estimate of drug-likeness (QED) is 0.253. The number of fused-ring (bicyclic) bond motifs is 1. The zero-order valence-electron chi connectivity index (χ0n) is 22.9. The summed E-state index contributed by atoms with van der Waals surface area (Å²) in [5.41, 5.74) is 2.34. The molecule has 40 heavy (non-hydrogen) atoms. The lowest BCUT2D eigenvalue weighted by Crippen LogP contribution is -2.31. The normalized spacial score (nSPS) is 15.2. The first-order valence-corrected chi connectivity index (χ1v) is 13.4. The maximum atomic E-state index is 13.2. The molecule has 1 fully saturated rings. The first kappa shape index (κ1) is 27.6. The molecule has 0 unspecified atom stereocenters. The van der Waals surface area contributed by atoms with E-state index in [9.17, 15) is 23.1 Å². The maximum absolute atomic E-state index is 13.2. The van der Waals surface area contributed by atoms with E-state index in [1.165, 1.54) is 12.1 Å². The van der Waals surface area contributed by atoms with Crippen LogP contribution < -0.4 is 5.32 Å². The topological polar surface area (TPSA) is 92.9 Å². The van der Waals surface area contributed by atoms with Gasteiger partial charge in [-0.05, 0) is 60.4 Å². The fourth-order valence-corrected chi connectivity index (χ4v) is 4.99. The van der Waals surface area contributed by atoms with Crippen molar-refractivity contribution in [3.63, 3.8) is 0 Å². The van der Waals surface area contributed by atoms with Crippen molar-refractivity contribution in [1.82, 2.24) is 19.5 Å². The minimum absolute atomic E-state index is 0.0376. The Bertz CT molecular complexity index is 1550. The van der Waals surface area contributed by atoms with Gasteiger partial charge in [0, 0.05) is 18.2 Å². The van der Waals surface area contributed by atoms with Gasteiger partial charge in [-0.25, -0.2) is 19.7 Å². The number of anilines is 1. The molecule has 1 atom stereocenters. The number of halogens is 3. The summed E-state index contributed by atoms with van der Waals surface area (Å²) in [5.74, 6) is -0.330. The van der Waals surface area contributed by atoms with Crippen molar-refractivity contribution >= 4 is 23.0 Å². The van der Waals surface area contributed by atoms with Crippen molar-refractivity contribution < 1.29 is 23.1 Å². The van der Waals surface area contributed by atoms with Gasteiger partial charge in [0.25, 0.3) is 0 Å². The minimum Gasteiger partial charge on any atom is -0.475 e. The summed E-state index contributed by atoms with van der Waals surface area (Å²) in [4.78, 5) is 25.3. The number of imidazole rings is 1. The van der Waals surface area contributed by atoms with Crippen LogP contribution in [0.5, 0.6) is 0 Å². The van der Waals surface area contributed by atoms with Gasteiger partial charge in [-0.1, -0.05) is 57.5 Å². The third-order valence-electron chi connectivity index (χ3n) is 7.62. The van der Waals surface area contributed by atoms with E-state index in [4.69, 9.17) is 4.98 Å². The van der Waals surface area contributed by atoms with Gasteiger partial charge in [0.15, 0.2) is 11.5 Å². The Hall–Kier alpha value is -3.95. The number of aromatic carboxylic acids is 1. The fraction of sp³-hybridized carbons (Fsp3) is 0.400. The Kier molecular flexibility index (Phi) is 7.06. The molecule has 0 radical (unpaired) electrons. The number of hydrogen-bond acceptors (Lipinski definition) is 5. The van der Waals surface area contributed by atoms with Crippen molar-refractivity contribution in [3.8, 4) is 11.4 Å². The monoisotopic (exact) mass is 551 g/mol. The Morgan fingerprint density at radius 1 is 1.05 bits per heavy atom. The zero-order chi connectivity index (χ0) is 28.8. The van der Waals surface area contributed by atoms with Gasteiger partial charge >= 0.3 is 12.1 Å². The van der Waals surface area contributed by atoms with E-state index in [1.807, 2.05) is 35.8 Å². The molecule has 0 saturated heterocycles. The largest absolute Gasteiger partial charge is 0.475 e. The smallest absolute Gasteiger partial charge is 0.416 e. The summed E-state index contributed by atoms with van der Waals surface area (Å²) in [6.07, 6.45) is -1.14. The molecule has 4 aromatic rings. The molecule has 2 aromatic heterocycles. The van der Waals surface area contributed by atoms with Gasteiger partial charge in [0.2, 0.25) is 5.82 Å². The van der Waals surface area contributed by atoms with Crippen molar-refractivity contribution in [2.24, 2.45) is 5.92 Å². The second kappa shape index (κ2) is 10.2. The Labute approximate surface area is 230 Å². The number of rotatable bonds is 7. The van der Waals surface area contributed by atoms with Gasteiger partial charge in [-0.3, -0.25) is 0 Å². The third-order valence-corrected chi connectivity index (χ3v) is 7.62. The van der Waals surface area contributed by atoms with Gasteiger partial charge in [0.1, 0.15) is 11.3 Å². The molecule has 2 aromatic carbocycles. The van der Waals surface area contributed by atoms with E-state index in [0.29, 0.717) is 28.6 Å². The van der Waals surface area contributed by atoms with Crippen LogP contribution in [0.25, 0.3) is 22.6 Å². The van der Waals surface area contributed by atoms with Gasteiger partial charge in [0.05, 0.1) is 5.56 Å². The number of benzene rings is 2. The Morgan fingerprint density at radius 2 is 1.75 bits per heavy atom. The fourth-order valence-electron chi connectivity index (χ4n) is 4.99. The molecule has 1 aliphatic rings. The molecule has 1 saturated carbocycles. The number of carbonyl (C=O) groups is 1. The average Bonchev–Trinajstić information content (AvgIpc) is 3.20. The molecule has 5 rings (SSSR count). The van der Waals surface area contributed by atoms with Crippen molar-refractivity contribution in [3.05, 3.63) is 71.0 Å². The highest BCUT2D eigenvalue weighted by atomic mass is 19.4. The van der Waals surface area contributed by atoms with Gasteiger partial charge < -0.3 is 15.0 Å². The number of nitrogens with zero attached hydrogens (tertiary/aromatic N) is 4. The predicted molar refractivity (Wildman–Crippen MR) is 147 cm³/mol. The first-order chi connectivity index (χ1) is 18.8. The SMILES string of the molecule is C[C@@H](Nc1nc(C(=O)O)nc2nc(-c3cccc(C(C)(C)C)c3)n(Cc3ccc(C(F)(F)F)cc3)c12)C1CCC1. The summed E-state index contributed by atoms with van der Waals surface area (Å²) in [7, 11) is 0. The molecule has 10 heteroatoms. The maximum Gasteiger partial charge on any atom is 0.416 e. The summed E-state index contributed by atoms with van der Waals surface area (Å²) in [6, 6.07) is 13.0. The van der Waals surface area contributed by atoms with Crippen LogP contribution >= 0.6 is 0 Å². The molecular formula is C30H32F3N5O2. The molecule has 2 heterocycles. The molecule has 1 aliphatic carbocycles. The lowest BCUT2D eigenvalue weighted by Gasteiger charge is -2.32. The Balaban J connectivity index is 1.70. The van der Waals surface area contributed by atoms with E-state index < -0.39 is 17.7 Å². The highest BCUT2D eigenvalue weighted by Crippen LogP contribution is 2.35.